The lowest BCUT2D eigenvalue weighted by Gasteiger charge is -2.16. The van der Waals surface area contributed by atoms with Gasteiger partial charge in [0.2, 0.25) is 0 Å². The van der Waals surface area contributed by atoms with Gasteiger partial charge in [0.15, 0.2) is 0 Å². The Morgan fingerprint density at radius 2 is 1.91 bits per heavy atom. The van der Waals surface area contributed by atoms with Crippen molar-refractivity contribution in [3.63, 3.8) is 0 Å². The van der Waals surface area contributed by atoms with Crippen molar-refractivity contribution in [2.45, 2.75) is 20.0 Å². The average molecular weight is 301 g/mol. The van der Waals surface area contributed by atoms with Gasteiger partial charge in [-0.2, -0.15) is 0 Å². The zero-order valence-corrected chi connectivity index (χ0v) is 12.8. The van der Waals surface area contributed by atoms with Crippen molar-refractivity contribution in [3.8, 4) is 17.0 Å². The van der Waals surface area contributed by atoms with Crippen LogP contribution in [0.15, 0.2) is 41.2 Å². The van der Waals surface area contributed by atoms with Gasteiger partial charge in [-0.05, 0) is 38.1 Å². The summed E-state index contributed by atoms with van der Waals surface area (Å²) in [5, 5.41) is 0. The van der Waals surface area contributed by atoms with Crippen molar-refractivity contribution >= 4 is 5.91 Å². The number of nitrogens with one attached hydrogen (secondary N) is 1. The molecule has 0 saturated carbocycles. The molecule has 0 aliphatic heterocycles. The first-order chi connectivity index (χ1) is 10.5. The van der Waals surface area contributed by atoms with E-state index in [1.165, 1.54) is 10.6 Å². The normalized spacial score (nSPS) is 10.6. The number of hydrogen-bond acceptors (Lipinski definition) is 4. The molecule has 0 saturated heterocycles. The topological polar surface area (TPSA) is 86.3 Å². The lowest BCUT2D eigenvalue weighted by molar-refractivity contribution is 0.0951. The second-order valence-electron chi connectivity index (χ2n) is 5.13. The summed E-state index contributed by atoms with van der Waals surface area (Å²) in [5.41, 5.74) is 3.00. The smallest absolute Gasteiger partial charge is 0.270 e. The summed E-state index contributed by atoms with van der Waals surface area (Å²) in [6.45, 7) is 3.87. The van der Waals surface area contributed by atoms with E-state index < -0.39 is 11.5 Å². The van der Waals surface area contributed by atoms with Crippen LogP contribution in [0.25, 0.3) is 11.3 Å². The Balaban J connectivity index is 2.58. The molecule has 0 atom stereocenters. The van der Waals surface area contributed by atoms with Crippen LogP contribution in [-0.4, -0.2) is 16.6 Å². The highest BCUT2D eigenvalue weighted by molar-refractivity contribution is 5.93. The largest absolute Gasteiger partial charge is 0.490 e. The minimum absolute atomic E-state index is 0.00370. The van der Waals surface area contributed by atoms with Gasteiger partial charge in [-0.15, -0.1) is 0 Å². The molecule has 0 fully saturated rings. The van der Waals surface area contributed by atoms with E-state index in [4.69, 9.17) is 10.6 Å². The van der Waals surface area contributed by atoms with Crippen molar-refractivity contribution in [1.29, 1.82) is 0 Å². The minimum Gasteiger partial charge on any atom is -0.490 e. The summed E-state index contributed by atoms with van der Waals surface area (Å²) < 4.78 is 7.19. The Kier molecular flexibility index (Phi) is 4.62. The van der Waals surface area contributed by atoms with Crippen LogP contribution in [0.2, 0.25) is 0 Å². The number of amides is 1. The summed E-state index contributed by atoms with van der Waals surface area (Å²) in [4.78, 5) is 23.9. The van der Waals surface area contributed by atoms with Gasteiger partial charge in [-0.3, -0.25) is 15.0 Å². The number of aromatic nitrogens is 1. The fraction of sp³-hybridized carbons (Fsp3) is 0.250. The molecule has 1 heterocycles. The number of hydrazine groups is 1. The van der Waals surface area contributed by atoms with Crippen LogP contribution in [0.3, 0.4) is 0 Å². The number of carbonyl (C=O) groups is 1. The van der Waals surface area contributed by atoms with Crippen LogP contribution in [0.1, 0.15) is 24.2 Å². The van der Waals surface area contributed by atoms with Gasteiger partial charge in [-0.1, -0.05) is 12.1 Å². The number of nitrogens with two attached hydrogens (primary N) is 1. The lowest BCUT2D eigenvalue weighted by Crippen LogP contribution is -2.36. The minimum atomic E-state index is -0.612. The first-order valence-electron chi connectivity index (χ1n) is 6.92. The van der Waals surface area contributed by atoms with E-state index in [1.54, 1.807) is 13.1 Å². The number of pyridine rings is 1. The van der Waals surface area contributed by atoms with Crippen LogP contribution in [-0.2, 0) is 7.05 Å². The predicted molar refractivity (Wildman–Crippen MR) is 84.5 cm³/mol. The van der Waals surface area contributed by atoms with Crippen molar-refractivity contribution in [1.82, 2.24) is 9.99 Å². The maximum Gasteiger partial charge on any atom is 0.270 e. The van der Waals surface area contributed by atoms with Gasteiger partial charge in [0.05, 0.1) is 11.8 Å². The molecule has 0 bridgehead atoms. The Morgan fingerprint density at radius 3 is 2.55 bits per heavy atom. The van der Waals surface area contributed by atoms with Crippen molar-refractivity contribution in [2.75, 3.05) is 0 Å². The molecule has 6 heteroatoms. The molecular formula is C16H19N3O3. The molecule has 116 valence electrons. The van der Waals surface area contributed by atoms with Crippen LogP contribution >= 0.6 is 0 Å². The fourth-order valence-electron chi connectivity index (χ4n) is 2.19. The molecule has 0 spiro atoms. The molecule has 0 unspecified atom stereocenters. The zero-order valence-electron chi connectivity index (χ0n) is 12.8. The van der Waals surface area contributed by atoms with E-state index in [0.717, 1.165) is 5.56 Å². The van der Waals surface area contributed by atoms with Gasteiger partial charge in [0, 0.05) is 12.6 Å². The Morgan fingerprint density at radius 1 is 1.23 bits per heavy atom. The summed E-state index contributed by atoms with van der Waals surface area (Å²) in [7, 11) is 1.61. The average Bonchev–Trinajstić information content (AvgIpc) is 2.49. The third-order valence-corrected chi connectivity index (χ3v) is 3.21. The quantitative estimate of drug-likeness (QED) is 0.508. The maximum atomic E-state index is 12.3. The van der Waals surface area contributed by atoms with Crippen LogP contribution in [0, 0.1) is 0 Å². The van der Waals surface area contributed by atoms with E-state index in [0.29, 0.717) is 11.4 Å². The predicted octanol–water partition coefficient (Wildman–Crippen LogP) is 1.44. The van der Waals surface area contributed by atoms with E-state index >= 15 is 0 Å². The van der Waals surface area contributed by atoms with E-state index in [-0.39, 0.29) is 11.7 Å². The van der Waals surface area contributed by atoms with Crippen molar-refractivity contribution < 1.29 is 9.53 Å². The highest BCUT2D eigenvalue weighted by Gasteiger charge is 2.15. The number of nitrogen functional groups attached to an aromatic ring is 1. The van der Waals surface area contributed by atoms with E-state index in [1.807, 2.05) is 43.5 Å². The van der Waals surface area contributed by atoms with E-state index in [2.05, 4.69) is 0 Å². The summed E-state index contributed by atoms with van der Waals surface area (Å²) in [6.07, 6.45) is 0.0143. The second kappa shape index (κ2) is 6.44. The number of rotatable bonds is 4. The SMILES string of the molecule is CC(C)Oc1ccccc1-c1ccc(C(=O)NN)c(=O)n1C. The second-order valence-corrected chi connectivity index (χ2v) is 5.13. The summed E-state index contributed by atoms with van der Waals surface area (Å²) in [5.74, 6) is 5.16. The molecule has 3 N–H and O–H groups in total. The summed E-state index contributed by atoms with van der Waals surface area (Å²) in [6, 6.07) is 10.6. The highest BCUT2D eigenvalue weighted by Crippen LogP contribution is 2.29. The Labute approximate surface area is 128 Å². The van der Waals surface area contributed by atoms with Crippen molar-refractivity contribution in [3.05, 3.63) is 52.3 Å². The molecule has 2 aromatic rings. The number of para-hydroxylation sites is 1. The summed E-state index contributed by atoms with van der Waals surface area (Å²) >= 11 is 0. The molecule has 1 amide bonds. The number of benzene rings is 1. The molecule has 6 nitrogen and oxygen atoms in total. The molecule has 1 aromatic heterocycles. The molecule has 0 aliphatic rings. The molecule has 0 aliphatic carbocycles. The standard InChI is InChI=1S/C16H19N3O3/c1-10(2)22-14-7-5-4-6-11(14)13-9-8-12(15(20)18-17)16(21)19(13)3/h4-10H,17H2,1-3H3,(H,18,20). The van der Waals surface area contributed by atoms with Gasteiger partial charge < -0.3 is 9.30 Å². The molecule has 0 radical (unpaired) electrons. The zero-order chi connectivity index (χ0) is 16.3. The Hall–Kier alpha value is -2.60. The Bertz CT molecular complexity index is 751. The third kappa shape index (κ3) is 3.01. The van der Waals surface area contributed by atoms with Crippen molar-refractivity contribution in [2.24, 2.45) is 12.9 Å². The lowest BCUT2D eigenvalue weighted by atomic mass is 10.1. The van der Waals surface area contributed by atoms with Crippen LogP contribution in [0.4, 0.5) is 0 Å². The number of carbonyl (C=O) groups excluding carboxylic acids is 1. The number of hydrogen-bond donors (Lipinski definition) is 2. The fourth-order valence-corrected chi connectivity index (χ4v) is 2.19. The van der Waals surface area contributed by atoms with Gasteiger partial charge in [-0.25, -0.2) is 5.84 Å². The molecule has 2 rings (SSSR count). The number of ether oxygens (including phenoxy) is 1. The first-order valence-corrected chi connectivity index (χ1v) is 6.92. The number of nitrogens with zero attached hydrogens (tertiary/aromatic N) is 1. The monoisotopic (exact) mass is 301 g/mol. The van der Waals surface area contributed by atoms with Crippen LogP contribution < -0.4 is 21.6 Å². The van der Waals surface area contributed by atoms with E-state index in [9.17, 15) is 9.59 Å². The highest BCUT2D eigenvalue weighted by atomic mass is 16.5. The van der Waals surface area contributed by atoms with Crippen LogP contribution in [0.5, 0.6) is 5.75 Å². The van der Waals surface area contributed by atoms with Gasteiger partial charge >= 0.3 is 0 Å². The van der Waals surface area contributed by atoms with Gasteiger partial charge in [0.1, 0.15) is 11.3 Å². The first kappa shape index (κ1) is 15.8. The molecule has 22 heavy (non-hydrogen) atoms. The molecular weight excluding hydrogens is 282 g/mol. The van der Waals surface area contributed by atoms with Gasteiger partial charge in [0.25, 0.3) is 11.5 Å². The molecule has 1 aromatic carbocycles. The maximum absolute atomic E-state index is 12.3. The third-order valence-electron chi connectivity index (χ3n) is 3.21.